The maximum atomic E-state index is 12.3. The highest BCUT2D eigenvalue weighted by Gasteiger charge is 2.55. The van der Waals surface area contributed by atoms with Gasteiger partial charge in [0.15, 0.2) is 0 Å². The number of nitrogens with zero attached hydrogens (tertiary/aromatic N) is 1. The number of nitrogens with one attached hydrogen (secondary N) is 1. The molecule has 2 aromatic rings. The Morgan fingerprint density at radius 2 is 2.08 bits per heavy atom. The van der Waals surface area contributed by atoms with E-state index >= 15 is 0 Å². The number of piperidine rings is 1. The number of pyridine rings is 1. The molecule has 1 aliphatic heterocycles. The molecule has 2 aliphatic rings. The van der Waals surface area contributed by atoms with Gasteiger partial charge in [0.05, 0.1) is 12.2 Å². The lowest BCUT2D eigenvalue weighted by Crippen LogP contribution is -2.62. The molecule has 1 aliphatic carbocycles. The van der Waals surface area contributed by atoms with Gasteiger partial charge in [-0.05, 0) is 50.4 Å². The quantitative estimate of drug-likeness (QED) is 0.895. The van der Waals surface area contributed by atoms with Gasteiger partial charge < -0.3 is 14.8 Å². The fourth-order valence-corrected chi connectivity index (χ4v) is 4.50. The van der Waals surface area contributed by atoms with Crippen LogP contribution in [0, 0.1) is 5.41 Å². The molecule has 2 atom stereocenters. The van der Waals surface area contributed by atoms with Gasteiger partial charge in [-0.2, -0.15) is 0 Å². The first kappa shape index (κ1) is 16.8. The molecule has 0 amide bonds. The minimum absolute atomic E-state index is 0.00476. The smallest absolute Gasteiger partial charge is 0.252 e. The Labute approximate surface area is 147 Å². The number of aliphatic hydroxyl groups is 1. The van der Waals surface area contributed by atoms with Crippen molar-refractivity contribution in [1.29, 1.82) is 0 Å². The van der Waals surface area contributed by atoms with Crippen molar-refractivity contribution >= 4 is 10.9 Å². The lowest BCUT2D eigenvalue weighted by Gasteiger charge is -2.56. The first-order chi connectivity index (χ1) is 12.1. The maximum Gasteiger partial charge on any atom is 0.252 e. The van der Waals surface area contributed by atoms with Crippen molar-refractivity contribution < 1.29 is 9.84 Å². The molecule has 5 nitrogen and oxygen atoms in total. The Balaban J connectivity index is 1.45. The lowest BCUT2D eigenvalue weighted by molar-refractivity contribution is -0.209. The molecule has 1 spiro atoms. The molecule has 134 valence electrons. The van der Waals surface area contributed by atoms with Crippen LogP contribution in [0.5, 0.6) is 0 Å². The van der Waals surface area contributed by atoms with Crippen molar-refractivity contribution in [2.75, 3.05) is 19.7 Å². The van der Waals surface area contributed by atoms with Crippen LogP contribution in [0.4, 0.5) is 0 Å². The highest BCUT2D eigenvalue weighted by molar-refractivity contribution is 5.78. The zero-order valence-corrected chi connectivity index (χ0v) is 14.7. The summed E-state index contributed by atoms with van der Waals surface area (Å²) < 4.78 is 5.83. The van der Waals surface area contributed by atoms with Crippen LogP contribution in [0.2, 0.25) is 0 Å². The van der Waals surface area contributed by atoms with E-state index in [2.05, 4.69) is 9.88 Å². The SMILES string of the molecule is CCOC1CC(O)C12CCN(Cc1cc3ccccc3[nH]c1=O)CC2. The van der Waals surface area contributed by atoms with Crippen LogP contribution in [0.1, 0.15) is 31.7 Å². The largest absolute Gasteiger partial charge is 0.392 e. The molecule has 0 radical (unpaired) electrons. The molecule has 1 saturated heterocycles. The number of fused-ring (bicyclic) bond motifs is 1. The molecule has 2 fully saturated rings. The monoisotopic (exact) mass is 342 g/mol. The lowest BCUT2D eigenvalue weighted by atomic mass is 9.58. The molecule has 1 saturated carbocycles. The van der Waals surface area contributed by atoms with Gasteiger partial charge in [-0.1, -0.05) is 18.2 Å². The number of aromatic nitrogens is 1. The fourth-order valence-electron chi connectivity index (χ4n) is 4.50. The van der Waals surface area contributed by atoms with Gasteiger partial charge in [-0.15, -0.1) is 0 Å². The van der Waals surface area contributed by atoms with Gasteiger partial charge in [0.1, 0.15) is 0 Å². The van der Waals surface area contributed by atoms with Crippen molar-refractivity contribution in [3.05, 3.63) is 46.2 Å². The molecule has 0 bridgehead atoms. The summed E-state index contributed by atoms with van der Waals surface area (Å²) in [6.45, 7) is 5.17. The number of aliphatic hydroxyl groups excluding tert-OH is 1. The van der Waals surface area contributed by atoms with E-state index in [1.165, 1.54) is 0 Å². The third kappa shape index (κ3) is 2.90. The van der Waals surface area contributed by atoms with E-state index < -0.39 is 0 Å². The standard InChI is InChI=1S/C20H26N2O3/c1-2-25-18-12-17(23)20(18)7-9-22(10-8-20)13-15-11-14-5-3-4-6-16(14)21-19(15)24/h3-6,11,17-18,23H,2,7-10,12-13H2,1H3,(H,21,24). The van der Waals surface area contributed by atoms with Gasteiger partial charge in [0.2, 0.25) is 0 Å². The normalized spacial score (nSPS) is 26.0. The van der Waals surface area contributed by atoms with Gasteiger partial charge in [0, 0.05) is 36.1 Å². The summed E-state index contributed by atoms with van der Waals surface area (Å²) in [5.74, 6) is 0. The second-order valence-corrected chi connectivity index (χ2v) is 7.42. The maximum absolute atomic E-state index is 12.3. The van der Waals surface area contributed by atoms with Crippen LogP contribution in [-0.2, 0) is 11.3 Å². The van der Waals surface area contributed by atoms with Crippen molar-refractivity contribution in [3.8, 4) is 0 Å². The second-order valence-electron chi connectivity index (χ2n) is 7.42. The number of H-pyrrole nitrogens is 1. The number of likely N-dealkylation sites (tertiary alicyclic amines) is 1. The van der Waals surface area contributed by atoms with Crippen LogP contribution >= 0.6 is 0 Å². The van der Waals surface area contributed by atoms with Crippen LogP contribution in [-0.4, -0.2) is 46.9 Å². The van der Waals surface area contributed by atoms with Gasteiger partial charge >= 0.3 is 0 Å². The minimum Gasteiger partial charge on any atom is -0.392 e. The summed E-state index contributed by atoms with van der Waals surface area (Å²) in [7, 11) is 0. The summed E-state index contributed by atoms with van der Waals surface area (Å²) in [4.78, 5) is 17.6. The average Bonchev–Trinajstić information content (AvgIpc) is 2.63. The highest BCUT2D eigenvalue weighted by atomic mass is 16.5. The molecule has 4 rings (SSSR count). The van der Waals surface area contributed by atoms with Gasteiger partial charge in [-0.25, -0.2) is 0 Å². The number of hydrogen-bond acceptors (Lipinski definition) is 4. The van der Waals surface area contributed by atoms with E-state index in [0.29, 0.717) is 13.2 Å². The number of para-hydroxylation sites is 1. The number of ether oxygens (including phenoxy) is 1. The minimum atomic E-state index is -0.240. The Bertz CT molecular complexity index is 806. The van der Waals surface area contributed by atoms with Gasteiger partial charge in [-0.3, -0.25) is 9.69 Å². The molecular weight excluding hydrogens is 316 g/mol. The van der Waals surface area contributed by atoms with Crippen LogP contribution < -0.4 is 5.56 Å². The summed E-state index contributed by atoms with van der Waals surface area (Å²) in [5, 5.41) is 11.4. The van der Waals surface area contributed by atoms with Crippen molar-refractivity contribution in [3.63, 3.8) is 0 Å². The third-order valence-electron chi connectivity index (χ3n) is 6.12. The molecule has 1 aromatic heterocycles. The predicted molar refractivity (Wildman–Crippen MR) is 97.6 cm³/mol. The van der Waals surface area contributed by atoms with E-state index in [1.807, 2.05) is 37.3 Å². The number of rotatable bonds is 4. The Kier molecular flexibility index (Phi) is 4.40. The number of hydrogen-bond donors (Lipinski definition) is 2. The highest BCUT2D eigenvalue weighted by Crippen LogP contribution is 2.51. The van der Waals surface area contributed by atoms with Crippen LogP contribution in [0.25, 0.3) is 10.9 Å². The number of aromatic amines is 1. The summed E-state index contributed by atoms with van der Waals surface area (Å²) in [5.41, 5.74) is 1.62. The van der Waals surface area contributed by atoms with E-state index in [9.17, 15) is 9.90 Å². The Morgan fingerprint density at radius 1 is 1.32 bits per heavy atom. The molecule has 25 heavy (non-hydrogen) atoms. The van der Waals surface area contributed by atoms with E-state index in [4.69, 9.17) is 4.74 Å². The summed E-state index contributed by atoms with van der Waals surface area (Å²) >= 11 is 0. The molecule has 2 unspecified atom stereocenters. The zero-order chi connectivity index (χ0) is 17.4. The fraction of sp³-hybridized carbons (Fsp3) is 0.550. The molecule has 1 aromatic carbocycles. The Hall–Kier alpha value is -1.69. The molecular formula is C20H26N2O3. The predicted octanol–water partition coefficient (Wildman–Crippen LogP) is 2.28. The first-order valence-corrected chi connectivity index (χ1v) is 9.25. The van der Waals surface area contributed by atoms with E-state index in [0.717, 1.165) is 48.8 Å². The third-order valence-corrected chi connectivity index (χ3v) is 6.12. The van der Waals surface area contributed by atoms with Crippen molar-refractivity contribution in [2.24, 2.45) is 5.41 Å². The second kappa shape index (κ2) is 6.56. The Morgan fingerprint density at radius 3 is 2.80 bits per heavy atom. The van der Waals surface area contributed by atoms with Crippen molar-refractivity contribution in [2.45, 2.75) is 44.9 Å². The molecule has 5 heteroatoms. The van der Waals surface area contributed by atoms with E-state index in [-0.39, 0.29) is 23.2 Å². The summed E-state index contributed by atoms with van der Waals surface area (Å²) in [6.07, 6.45) is 2.58. The summed E-state index contributed by atoms with van der Waals surface area (Å²) in [6, 6.07) is 9.87. The van der Waals surface area contributed by atoms with E-state index in [1.54, 1.807) is 0 Å². The van der Waals surface area contributed by atoms with Crippen LogP contribution in [0.3, 0.4) is 0 Å². The van der Waals surface area contributed by atoms with Gasteiger partial charge in [0.25, 0.3) is 5.56 Å². The molecule has 2 heterocycles. The zero-order valence-electron chi connectivity index (χ0n) is 14.7. The van der Waals surface area contributed by atoms with Crippen LogP contribution in [0.15, 0.2) is 35.1 Å². The topological polar surface area (TPSA) is 65.6 Å². The molecule has 2 N–H and O–H groups in total. The average molecular weight is 342 g/mol. The first-order valence-electron chi connectivity index (χ1n) is 9.25. The van der Waals surface area contributed by atoms with Crippen molar-refractivity contribution in [1.82, 2.24) is 9.88 Å². The number of benzene rings is 1.